The number of thiophene rings is 1. The van der Waals surface area contributed by atoms with Crippen molar-refractivity contribution in [1.82, 2.24) is 19.5 Å². The van der Waals surface area contributed by atoms with Gasteiger partial charge in [0, 0.05) is 53.3 Å². The van der Waals surface area contributed by atoms with E-state index in [1.54, 1.807) is 11.3 Å². The predicted octanol–water partition coefficient (Wildman–Crippen LogP) is 15.5. The molecule has 0 saturated carbocycles. The first-order valence-corrected chi connectivity index (χ1v) is 21.3. The number of aromatic nitrogens is 4. The SMILES string of the molecule is [2H]c1c([2H])c([2H])c(-c2nc(-c3ccccc3)nc(-c3cc(-n4c5ccccc5c5ccccc54)cc4c3sc3ccc(-c5ccc6c7ccccc7c7ccccc7c6c5)cc34)n2)c([2H])c1[2H]. The van der Waals surface area contributed by atoms with E-state index in [-0.39, 0.29) is 23.5 Å². The molecule has 0 bridgehead atoms. The average Bonchev–Trinajstić information content (AvgIpc) is 3.93. The van der Waals surface area contributed by atoms with Crippen LogP contribution < -0.4 is 0 Å². The summed E-state index contributed by atoms with van der Waals surface area (Å²) in [6, 6.07) is 59.3. The third-order valence-electron chi connectivity index (χ3n) is 12.1. The molecule has 3 aromatic heterocycles. The van der Waals surface area contributed by atoms with Crippen molar-refractivity contribution >= 4 is 85.6 Å². The Morgan fingerprint density at radius 2 is 0.887 bits per heavy atom. The first-order valence-electron chi connectivity index (χ1n) is 23.0. The average molecular weight is 812 g/mol. The minimum absolute atomic E-state index is 0.00345. The predicted molar refractivity (Wildman–Crippen MR) is 261 cm³/mol. The lowest BCUT2D eigenvalue weighted by Gasteiger charge is -2.13. The number of benzene rings is 10. The van der Waals surface area contributed by atoms with E-state index in [9.17, 15) is 0 Å². The third-order valence-corrected chi connectivity index (χ3v) is 13.3. The number of hydrogen-bond acceptors (Lipinski definition) is 4. The van der Waals surface area contributed by atoms with Crippen molar-refractivity contribution in [3.63, 3.8) is 0 Å². The molecule has 10 aromatic carbocycles. The van der Waals surface area contributed by atoms with Crippen molar-refractivity contribution < 1.29 is 6.85 Å². The monoisotopic (exact) mass is 811 g/mol. The molecule has 0 radical (unpaired) electrons. The van der Waals surface area contributed by atoms with Gasteiger partial charge in [-0.2, -0.15) is 0 Å². The van der Waals surface area contributed by atoms with Crippen molar-refractivity contribution in [2.24, 2.45) is 0 Å². The topological polar surface area (TPSA) is 43.6 Å². The van der Waals surface area contributed by atoms with Crippen molar-refractivity contribution in [3.05, 3.63) is 206 Å². The van der Waals surface area contributed by atoms with Gasteiger partial charge in [0.05, 0.1) is 17.9 Å². The molecule has 13 aromatic rings. The van der Waals surface area contributed by atoms with Crippen LogP contribution in [-0.4, -0.2) is 19.5 Å². The Kier molecular flexibility index (Phi) is 6.69. The molecule has 0 amide bonds. The molecule has 13 rings (SSSR count). The molecule has 4 nitrogen and oxygen atoms in total. The summed E-state index contributed by atoms with van der Waals surface area (Å²) >= 11 is 1.65. The molecule has 288 valence electrons. The van der Waals surface area contributed by atoms with Gasteiger partial charge in [-0.05, 0) is 85.9 Å². The largest absolute Gasteiger partial charge is 0.309 e. The van der Waals surface area contributed by atoms with Gasteiger partial charge in [-0.25, -0.2) is 15.0 Å². The van der Waals surface area contributed by atoms with Gasteiger partial charge in [-0.15, -0.1) is 11.3 Å². The zero-order valence-electron chi connectivity index (χ0n) is 37.9. The Hall–Kier alpha value is -7.99. The van der Waals surface area contributed by atoms with Crippen LogP contribution in [-0.2, 0) is 0 Å². The number of fused-ring (bicyclic) bond motifs is 12. The third kappa shape index (κ3) is 5.42. The smallest absolute Gasteiger partial charge is 0.165 e. The van der Waals surface area contributed by atoms with E-state index in [0.29, 0.717) is 17.2 Å². The van der Waals surface area contributed by atoms with Crippen molar-refractivity contribution in [3.8, 4) is 51.0 Å². The van der Waals surface area contributed by atoms with Crippen molar-refractivity contribution in [2.75, 3.05) is 0 Å². The van der Waals surface area contributed by atoms with Crippen LogP contribution in [0.1, 0.15) is 6.85 Å². The van der Waals surface area contributed by atoms with Crippen LogP contribution >= 0.6 is 11.3 Å². The van der Waals surface area contributed by atoms with Crippen LogP contribution in [0.15, 0.2) is 206 Å². The number of para-hydroxylation sites is 2. The Morgan fingerprint density at radius 3 is 1.55 bits per heavy atom. The zero-order chi connectivity index (χ0) is 45.1. The van der Waals surface area contributed by atoms with Crippen LogP contribution in [0.2, 0.25) is 0 Å². The van der Waals surface area contributed by atoms with Gasteiger partial charge in [0.1, 0.15) is 0 Å². The fraction of sp³-hybridized carbons (Fsp3) is 0. The van der Waals surface area contributed by atoms with Crippen LogP contribution in [0, 0.1) is 0 Å². The normalized spacial score (nSPS) is 13.0. The Balaban J connectivity index is 1.10. The van der Waals surface area contributed by atoms with Gasteiger partial charge < -0.3 is 4.57 Å². The van der Waals surface area contributed by atoms with Crippen molar-refractivity contribution in [2.45, 2.75) is 0 Å². The molecule has 0 N–H and O–H groups in total. The lowest BCUT2D eigenvalue weighted by molar-refractivity contribution is 1.07. The Morgan fingerprint density at radius 1 is 0.371 bits per heavy atom. The van der Waals surface area contributed by atoms with E-state index in [4.69, 9.17) is 21.8 Å². The summed E-state index contributed by atoms with van der Waals surface area (Å²) in [5.41, 5.74) is 6.54. The van der Waals surface area contributed by atoms with E-state index in [0.717, 1.165) is 64.4 Å². The highest BCUT2D eigenvalue weighted by Gasteiger charge is 2.21. The molecule has 0 spiro atoms. The molecule has 5 heteroatoms. The maximum absolute atomic E-state index is 8.95. The summed E-state index contributed by atoms with van der Waals surface area (Å²) in [5.74, 6) is 0.641. The van der Waals surface area contributed by atoms with Crippen LogP contribution in [0.3, 0.4) is 0 Å². The molecule has 0 unspecified atom stereocenters. The highest BCUT2D eigenvalue weighted by molar-refractivity contribution is 7.26. The summed E-state index contributed by atoms with van der Waals surface area (Å²) in [6.07, 6.45) is 0. The molecule has 3 heterocycles. The van der Waals surface area contributed by atoms with Gasteiger partial charge in [0.15, 0.2) is 17.5 Å². The summed E-state index contributed by atoms with van der Waals surface area (Å²) in [7, 11) is 0. The van der Waals surface area contributed by atoms with Crippen LogP contribution in [0.5, 0.6) is 0 Å². The first kappa shape index (κ1) is 30.1. The fourth-order valence-corrected chi connectivity index (χ4v) is 10.5. The summed E-state index contributed by atoms with van der Waals surface area (Å²) in [6.45, 7) is 0. The molecule has 62 heavy (non-hydrogen) atoms. The molecule has 0 fully saturated rings. The summed E-state index contributed by atoms with van der Waals surface area (Å²) < 4.78 is 47.6. The minimum atomic E-state index is -0.480. The molecule has 0 saturated heterocycles. The lowest BCUT2D eigenvalue weighted by atomic mass is 9.92. The molecule has 0 atom stereocenters. The molecule has 0 aliphatic heterocycles. The maximum Gasteiger partial charge on any atom is 0.165 e. The second-order valence-electron chi connectivity index (χ2n) is 15.6. The summed E-state index contributed by atoms with van der Waals surface area (Å²) in [5, 5.41) is 11.7. The quantitative estimate of drug-likeness (QED) is 0.163. The van der Waals surface area contributed by atoms with Gasteiger partial charge in [-0.1, -0.05) is 164 Å². The van der Waals surface area contributed by atoms with Gasteiger partial charge in [-0.3, -0.25) is 0 Å². The fourth-order valence-electron chi connectivity index (χ4n) is 9.31. The minimum Gasteiger partial charge on any atom is -0.309 e. The Labute approximate surface area is 367 Å². The van der Waals surface area contributed by atoms with Crippen LogP contribution in [0.4, 0.5) is 0 Å². The van der Waals surface area contributed by atoms with E-state index >= 15 is 0 Å². The van der Waals surface area contributed by atoms with E-state index in [1.165, 1.54) is 32.3 Å². The highest BCUT2D eigenvalue weighted by Crippen LogP contribution is 2.45. The molecular formula is C57H34N4S. The van der Waals surface area contributed by atoms with E-state index < -0.39 is 18.1 Å². The molecule has 0 aliphatic carbocycles. The number of rotatable bonds is 5. The lowest BCUT2D eigenvalue weighted by Crippen LogP contribution is -2.01. The van der Waals surface area contributed by atoms with Crippen LogP contribution in [0.25, 0.3) is 125 Å². The van der Waals surface area contributed by atoms with E-state index in [1.807, 2.05) is 30.3 Å². The van der Waals surface area contributed by atoms with Gasteiger partial charge in [0.25, 0.3) is 0 Å². The van der Waals surface area contributed by atoms with Gasteiger partial charge in [0.2, 0.25) is 0 Å². The standard InChI is InChI=1S/C57H34N4S/c1-3-15-35(16-4-1)55-58-56(36-17-5-2-6-18-36)60-57(59-55)50-34-39(61-51-25-13-11-23-45(51)46-24-12-14-26-52(46)61)33-49-48-32-38(28-30-53(48)62-54(49)50)37-27-29-44-42-21-8-7-19-40(42)41-20-9-10-22-43(41)47(44)31-37/h1-34H/i1D,3D,4D,15D,16D. The second-order valence-corrected chi connectivity index (χ2v) is 16.6. The first-order chi connectivity index (χ1) is 32.8. The maximum atomic E-state index is 8.95. The molecule has 0 aliphatic rings. The zero-order valence-corrected chi connectivity index (χ0v) is 33.8. The van der Waals surface area contributed by atoms with Crippen molar-refractivity contribution in [1.29, 1.82) is 0 Å². The second kappa shape index (κ2) is 13.8. The van der Waals surface area contributed by atoms with E-state index in [2.05, 4.69) is 150 Å². The number of hydrogen-bond donors (Lipinski definition) is 0. The number of nitrogens with zero attached hydrogens (tertiary/aromatic N) is 4. The highest BCUT2D eigenvalue weighted by atomic mass is 32.1. The molecular weight excluding hydrogens is 773 g/mol. The summed E-state index contributed by atoms with van der Waals surface area (Å²) in [4.78, 5) is 15.0. The Bertz CT molecular complexity index is 4120. The van der Waals surface area contributed by atoms with Gasteiger partial charge >= 0.3 is 0 Å².